The highest BCUT2D eigenvalue weighted by Gasteiger charge is 2.39. The van der Waals surface area contributed by atoms with Crippen molar-refractivity contribution in [2.24, 2.45) is 0 Å². The highest BCUT2D eigenvalue weighted by molar-refractivity contribution is 7.92. The van der Waals surface area contributed by atoms with Crippen molar-refractivity contribution in [3.05, 3.63) is 59.2 Å². The molecule has 2 aromatic carbocycles. The van der Waals surface area contributed by atoms with Crippen LogP contribution in [0, 0.1) is 0 Å². The molecule has 1 aliphatic rings. The van der Waals surface area contributed by atoms with Gasteiger partial charge in [0.2, 0.25) is 5.95 Å². The predicted molar refractivity (Wildman–Crippen MR) is 162 cm³/mol. The molecule has 2 heterocycles. The van der Waals surface area contributed by atoms with E-state index in [0.29, 0.717) is 32.1 Å². The molecule has 234 valence electrons. The van der Waals surface area contributed by atoms with Crippen molar-refractivity contribution in [2.75, 3.05) is 55.8 Å². The fraction of sp³-hybridized carbons (Fsp3) is 0.448. The van der Waals surface area contributed by atoms with Crippen molar-refractivity contribution in [2.45, 2.75) is 43.9 Å². The van der Waals surface area contributed by atoms with Gasteiger partial charge in [0.25, 0.3) is 10.0 Å². The van der Waals surface area contributed by atoms with Gasteiger partial charge in [-0.3, -0.25) is 0 Å². The lowest BCUT2D eigenvalue weighted by atomic mass is 10.1. The molecule has 1 atom stereocenters. The lowest BCUT2D eigenvalue weighted by molar-refractivity contribution is -0.00122. The molecule has 43 heavy (non-hydrogen) atoms. The molecule has 1 unspecified atom stereocenters. The van der Waals surface area contributed by atoms with Gasteiger partial charge in [-0.25, -0.2) is 17.7 Å². The van der Waals surface area contributed by atoms with E-state index in [1.807, 2.05) is 4.90 Å². The molecule has 0 aliphatic carbocycles. The van der Waals surface area contributed by atoms with E-state index < -0.39 is 28.3 Å². The third-order valence-electron chi connectivity index (χ3n) is 6.39. The first kappa shape index (κ1) is 32.7. The third-order valence-corrected chi connectivity index (χ3v) is 8.77. The number of halogens is 1. The van der Waals surface area contributed by atoms with Crippen LogP contribution < -0.4 is 18.7 Å². The number of rotatable bonds is 12. The number of hydrogen-bond acceptors (Lipinski definition) is 11. The molecule has 0 radical (unpaired) electrons. The maximum atomic E-state index is 14.3. The maximum Gasteiger partial charge on any atom is 0.266 e. The van der Waals surface area contributed by atoms with Crippen molar-refractivity contribution in [3.63, 3.8) is 0 Å². The fourth-order valence-electron chi connectivity index (χ4n) is 4.35. The van der Waals surface area contributed by atoms with E-state index in [1.54, 1.807) is 57.2 Å². The summed E-state index contributed by atoms with van der Waals surface area (Å²) in [5.74, 6) is 0.835. The second kappa shape index (κ2) is 14.1. The molecule has 0 bridgehead atoms. The molecule has 2 N–H and O–H groups in total. The first-order valence-electron chi connectivity index (χ1n) is 13.7. The maximum absolute atomic E-state index is 14.3. The molecule has 1 saturated heterocycles. The minimum Gasteiger partial charge on any atom is -0.497 e. The molecule has 0 spiro atoms. The third kappa shape index (κ3) is 7.85. The first-order chi connectivity index (χ1) is 20.5. The zero-order valence-electron chi connectivity index (χ0n) is 24.6. The molecular formula is C29H37ClN4O8S. The normalized spacial score (nSPS) is 14.8. The monoisotopic (exact) mass is 636 g/mol. The van der Waals surface area contributed by atoms with Gasteiger partial charge in [-0.2, -0.15) is 4.98 Å². The Morgan fingerprint density at radius 2 is 1.81 bits per heavy atom. The Labute approximate surface area is 256 Å². The van der Waals surface area contributed by atoms with Gasteiger partial charge < -0.3 is 34.1 Å². The van der Waals surface area contributed by atoms with Crippen molar-refractivity contribution in [1.82, 2.24) is 9.97 Å². The van der Waals surface area contributed by atoms with E-state index >= 15 is 0 Å². The topological polar surface area (TPSA) is 144 Å². The highest BCUT2D eigenvalue weighted by atomic mass is 35.5. The van der Waals surface area contributed by atoms with Crippen LogP contribution in [0.1, 0.15) is 26.5 Å². The number of aromatic nitrogens is 2. The summed E-state index contributed by atoms with van der Waals surface area (Å²) in [6.07, 6.45) is -1.12. The fourth-order valence-corrected chi connectivity index (χ4v) is 6.29. The molecule has 0 amide bonds. The van der Waals surface area contributed by atoms with Gasteiger partial charge in [0.1, 0.15) is 23.3 Å². The number of hydrogen-bond donors (Lipinski definition) is 2. The molecular weight excluding hydrogens is 600 g/mol. The Morgan fingerprint density at radius 3 is 2.44 bits per heavy atom. The average molecular weight is 637 g/mol. The van der Waals surface area contributed by atoms with E-state index in [2.05, 4.69) is 0 Å². The lowest BCUT2D eigenvalue weighted by Gasteiger charge is -2.37. The van der Waals surface area contributed by atoms with E-state index in [4.69, 9.17) is 40.5 Å². The number of methoxy groups -OCH3 is 1. The Hall–Kier alpha value is -3.20. The van der Waals surface area contributed by atoms with Crippen LogP contribution in [-0.4, -0.2) is 86.9 Å². The Balaban J connectivity index is 1.98. The van der Waals surface area contributed by atoms with Crippen molar-refractivity contribution >= 4 is 33.4 Å². The summed E-state index contributed by atoms with van der Waals surface area (Å²) in [5, 5.41) is 19.4. The number of morpholine rings is 1. The molecule has 4 rings (SSSR count). The standard InChI is InChI=1S/C29H37ClN4O8S/c1-29(2,3)34(43(37,38)22-8-6-5-7-9-22)27-26(42-25-16-21(39-4)10-11-23(25)30)24(19-41-18-20(36)17-35)31-28(32-27)33-12-14-40-15-13-33/h5-11,16,20,35-36H,12-15,17-19H2,1-4H3. The van der Waals surface area contributed by atoms with Crippen LogP contribution in [0.15, 0.2) is 53.4 Å². The minimum atomic E-state index is -4.20. The summed E-state index contributed by atoms with van der Waals surface area (Å²) < 4.78 is 52.8. The Morgan fingerprint density at radius 1 is 1.12 bits per heavy atom. The molecule has 0 saturated carbocycles. The lowest BCUT2D eigenvalue weighted by Crippen LogP contribution is -2.47. The molecule has 12 nitrogen and oxygen atoms in total. The van der Waals surface area contributed by atoms with Gasteiger partial charge in [0.15, 0.2) is 11.6 Å². The zero-order valence-corrected chi connectivity index (χ0v) is 26.1. The summed E-state index contributed by atoms with van der Waals surface area (Å²) in [4.78, 5) is 11.5. The smallest absolute Gasteiger partial charge is 0.266 e. The number of sulfonamides is 1. The molecule has 1 aliphatic heterocycles. The van der Waals surface area contributed by atoms with Crippen LogP contribution in [0.5, 0.6) is 17.2 Å². The minimum absolute atomic E-state index is 0.0138. The summed E-state index contributed by atoms with van der Waals surface area (Å²) in [6, 6.07) is 12.9. The second-order valence-electron chi connectivity index (χ2n) is 10.7. The van der Waals surface area contributed by atoms with Crippen molar-refractivity contribution in [3.8, 4) is 17.2 Å². The van der Waals surface area contributed by atoms with Gasteiger partial charge in [0.05, 0.1) is 50.1 Å². The second-order valence-corrected chi connectivity index (χ2v) is 12.9. The molecule has 1 fully saturated rings. The van der Waals surface area contributed by atoms with Gasteiger partial charge in [-0.15, -0.1) is 0 Å². The largest absolute Gasteiger partial charge is 0.497 e. The van der Waals surface area contributed by atoms with Gasteiger partial charge in [-0.1, -0.05) is 29.8 Å². The SMILES string of the molecule is COc1ccc(Cl)c(Oc2c(COCC(O)CO)nc(N3CCOCC3)nc2N(C(C)(C)C)S(=O)(=O)c2ccccc2)c1. The first-order valence-corrected chi connectivity index (χ1v) is 15.5. The Bertz CT molecular complexity index is 1480. The van der Waals surface area contributed by atoms with E-state index in [9.17, 15) is 18.6 Å². The van der Waals surface area contributed by atoms with Crippen LogP contribution in [-0.2, 0) is 26.1 Å². The summed E-state index contributed by atoms with van der Waals surface area (Å²) in [7, 11) is -2.71. The van der Waals surface area contributed by atoms with Crippen LogP contribution >= 0.6 is 11.6 Å². The van der Waals surface area contributed by atoms with Crippen molar-refractivity contribution in [1.29, 1.82) is 0 Å². The molecule has 3 aromatic rings. The van der Waals surface area contributed by atoms with Crippen LogP contribution in [0.4, 0.5) is 11.8 Å². The van der Waals surface area contributed by atoms with Crippen LogP contribution in [0.2, 0.25) is 5.02 Å². The number of ether oxygens (including phenoxy) is 4. The van der Waals surface area contributed by atoms with Gasteiger partial charge in [0, 0.05) is 24.7 Å². The highest BCUT2D eigenvalue weighted by Crippen LogP contribution is 2.43. The van der Waals surface area contributed by atoms with Crippen molar-refractivity contribution < 1.29 is 37.6 Å². The van der Waals surface area contributed by atoms with Gasteiger partial charge >= 0.3 is 0 Å². The summed E-state index contributed by atoms with van der Waals surface area (Å²) in [5.41, 5.74) is -0.833. The number of aliphatic hydroxyl groups is 2. The quantitative estimate of drug-likeness (QED) is 0.301. The summed E-state index contributed by atoms with van der Waals surface area (Å²) >= 11 is 6.51. The molecule has 14 heteroatoms. The van der Waals surface area contributed by atoms with Crippen LogP contribution in [0.25, 0.3) is 0 Å². The zero-order chi connectivity index (χ0) is 31.2. The van der Waals surface area contributed by atoms with E-state index in [1.165, 1.54) is 23.5 Å². The molecule has 1 aromatic heterocycles. The van der Waals surface area contributed by atoms with Crippen LogP contribution in [0.3, 0.4) is 0 Å². The average Bonchev–Trinajstić information content (AvgIpc) is 2.99. The van der Waals surface area contributed by atoms with Gasteiger partial charge in [-0.05, 0) is 45.0 Å². The summed E-state index contributed by atoms with van der Waals surface area (Å²) in [6.45, 7) is 6.19. The van der Waals surface area contributed by atoms with E-state index in [-0.39, 0.29) is 52.1 Å². The predicted octanol–water partition coefficient (Wildman–Crippen LogP) is 3.63. The van der Waals surface area contributed by atoms with E-state index in [0.717, 1.165) is 0 Å². The number of nitrogens with zero attached hydrogens (tertiary/aromatic N) is 4. The Kier molecular flexibility index (Phi) is 10.7. The number of anilines is 2. The number of aliphatic hydroxyl groups excluding tert-OH is 2. The number of benzene rings is 2.